The van der Waals surface area contributed by atoms with Crippen LogP contribution >= 0.6 is 0 Å². The van der Waals surface area contributed by atoms with E-state index in [4.69, 9.17) is 0 Å². The quantitative estimate of drug-likeness (QED) is 0.157. The molecule has 0 nitrogen and oxygen atoms in total. The standard InChI is InChI=1S/C37H48Si/c1-6-9-12-31-16-22-34(23-17-31)38(37-28-15-29(4)30(37)5,35-24-18-32(19-25-35)13-10-7-2)36-26-20-33(21-27-36)14-11-8-3/h15-27H,6-14,28H2,1-5H3. The van der Waals surface area contributed by atoms with Crippen LogP contribution in [-0.4, -0.2) is 8.07 Å². The summed E-state index contributed by atoms with van der Waals surface area (Å²) in [6.45, 7) is 11.5. The fourth-order valence-corrected chi connectivity index (χ4v) is 11.4. The van der Waals surface area contributed by atoms with E-state index >= 15 is 0 Å². The molecule has 0 bridgehead atoms. The van der Waals surface area contributed by atoms with Crippen LogP contribution in [0, 0.1) is 0 Å². The lowest BCUT2D eigenvalue weighted by molar-refractivity contribution is 0.795. The molecule has 1 heteroatoms. The topological polar surface area (TPSA) is 0 Å². The Labute approximate surface area is 233 Å². The minimum atomic E-state index is -2.43. The van der Waals surface area contributed by atoms with E-state index in [0.29, 0.717) is 0 Å². The van der Waals surface area contributed by atoms with Crippen LogP contribution in [0.4, 0.5) is 0 Å². The van der Waals surface area contributed by atoms with Crippen molar-refractivity contribution in [3.63, 3.8) is 0 Å². The molecule has 0 saturated heterocycles. The molecule has 0 N–H and O–H groups in total. The van der Waals surface area contributed by atoms with Crippen molar-refractivity contribution in [2.75, 3.05) is 0 Å². The van der Waals surface area contributed by atoms with Gasteiger partial charge in [0.05, 0.1) is 0 Å². The van der Waals surface area contributed by atoms with Gasteiger partial charge in [0.25, 0.3) is 0 Å². The summed E-state index contributed by atoms with van der Waals surface area (Å²) in [4.78, 5) is 0. The summed E-state index contributed by atoms with van der Waals surface area (Å²) in [5.41, 5.74) is 7.37. The number of hydrogen-bond donors (Lipinski definition) is 0. The van der Waals surface area contributed by atoms with Crippen LogP contribution in [0.25, 0.3) is 0 Å². The smallest absolute Gasteiger partial charge is 0.0776 e. The molecule has 200 valence electrons. The summed E-state index contributed by atoms with van der Waals surface area (Å²) in [5, 5.41) is 6.24. The minimum Gasteiger partial charge on any atom is -0.0776 e. The van der Waals surface area contributed by atoms with Gasteiger partial charge in [-0.1, -0.05) is 135 Å². The minimum absolute atomic E-state index is 1.07. The van der Waals surface area contributed by atoms with Gasteiger partial charge in [-0.2, -0.15) is 0 Å². The van der Waals surface area contributed by atoms with Crippen molar-refractivity contribution in [3.05, 3.63) is 112 Å². The predicted octanol–water partition coefficient (Wildman–Crippen LogP) is 8.39. The molecule has 0 spiro atoms. The molecule has 0 unspecified atom stereocenters. The molecule has 0 aliphatic heterocycles. The molecule has 4 rings (SSSR count). The van der Waals surface area contributed by atoms with Crippen molar-refractivity contribution in [2.24, 2.45) is 0 Å². The lowest BCUT2D eigenvalue weighted by atomic mass is 10.1. The molecule has 0 heterocycles. The molecule has 0 atom stereocenters. The highest BCUT2D eigenvalue weighted by atomic mass is 28.3. The SMILES string of the molecule is CCCCc1ccc([Si](C2=C(C)C(C)=CC2)(c2ccc(CCCC)cc2)c2ccc(CCCC)cc2)cc1. The first-order chi connectivity index (χ1) is 18.5. The maximum absolute atomic E-state index is 2.49. The normalized spacial score (nSPS) is 13.8. The number of benzene rings is 3. The van der Waals surface area contributed by atoms with Crippen molar-refractivity contribution in [3.8, 4) is 0 Å². The maximum atomic E-state index is 2.49. The van der Waals surface area contributed by atoms with E-state index in [1.165, 1.54) is 101 Å². The number of hydrogen-bond acceptors (Lipinski definition) is 0. The highest BCUT2D eigenvalue weighted by Crippen LogP contribution is 2.33. The van der Waals surface area contributed by atoms with Crippen LogP contribution in [0.5, 0.6) is 0 Å². The third kappa shape index (κ3) is 5.99. The first-order valence-corrected chi connectivity index (χ1v) is 17.2. The first kappa shape index (κ1) is 28.4. The summed E-state index contributed by atoms with van der Waals surface area (Å²) in [6.07, 6.45) is 14.5. The van der Waals surface area contributed by atoms with E-state index in [-0.39, 0.29) is 0 Å². The van der Waals surface area contributed by atoms with E-state index in [9.17, 15) is 0 Å². The van der Waals surface area contributed by atoms with Crippen LogP contribution in [-0.2, 0) is 19.3 Å². The molecular formula is C37H48Si. The maximum Gasteiger partial charge on any atom is 0.176 e. The van der Waals surface area contributed by atoms with Crippen LogP contribution in [0.1, 0.15) is 96.3 Å². The zero-order chi connectivity index (χ0) is 27.0. The van der Waals surface area contributed by atoms with Crippen LogP contribution in [0.2, 0.25) is 0 Å². The second kappa shape index (κ2) is 13.4. The summed E-state index contributed by atoms with van der Waals surface area (Å²) < 4.78 is 0. The van der Waals surface area contributed by atoms with Crippen molar-refractivity contribution in [2.45, 2.75) is 98.8 Å². The zero-order valence-electron chi connectivity index (χ0n) is 24.6. The Morgan fingerprint density at radius 1 is 0.526 bits per heavy atom. The predicted molar refractivity (Wildman–Crippen MR) is 171 cm³/mol. The van der Waals surface area contributed by atoms with Crippen LogP contribution in [0.15, 0.2) is 95.2 Å². The van der Waals surface area contributed by atoms with E-state index in [2.05, 4.69) is 113 Å². The van der Waals surface area contributed by atoms with Gasteiger partial charge in [0.2, 0.25) is 0 Å². The average molecular weight is 521 g/mol. The fraction of sp³-hybridized carbons (Fsp3) is 0.405. The lowest BCUT2D eigenvalue weighted by Crippen LogP contribution is -2.68. The fourth-order valence-electron chi connectivity index (χ4n) is 6.16. The Kier molecular flexibility index (Phi) is 10.0. The Balaban J connectivity index is 1.92. The van der Waals surface area contributed by atoms with Crippen molar-refractivity contribution in [1.29, 1.82) is 0 Å². The summed E-state index contributed by atoms with van der Waals surface area (Å²) in [7, 11) is -2.43. The second-order valence-corrected chi connectivity index (χ2v) is 15.2. The lowest BCUT2D eigenvalue weighted by Gasteiger charge is -2.36. The highest BCUT2D eigenvalue weighted by Gasteiger charge is 2.44. The van der Waals surface area contributed by atoms with E-state index in [1.807, 2.05) is 0 Å². The molecule has 1 aliphatic rings. The first-order valence-electron chi connectivity index (χ1n) is 15.2. The van der Waals surface area contributed by atoms with Gasteiger partial charge in [-0.05, 0) is 91.0 Å². The van der Waals surface area contributed by atoms with Crippen molar-refractivity contribution in [1.82, 2.24) is 0 Å². The molecule has 0 aromatic heterocycles. The van der Waals surface area contributed by atoms with Gasteiger partial charge in [-0.15, -0.1) is 0 Å². The molecule has 3 aromatic rings. The molecule has 0 saturated carbocycles. The molecule has 0 amide bonds. The van der Waals surface area contributed by atoms with Crippen LogP contribution in [0.3, 0.4) is 0 Å². The second-order valence-electron chi connectivity index (χ2n) is 11.3. The van der Waals surface area contributed by atoms with Gasteiger partial charge < -0.3 is 0 Å². The number of unbranched alkanes of at least 4 members (excludes halogenated alkanes) is 3. The Bertz CT molecular complexity index is 1100. The zero-order valence-corrected chi connectivity index (χ0v) is 25.6. The third-order valence-electron chi connectivity index (χ3n) is 8.73. The average Bonchev–Trinajstić information content (AvgIpc) is 3.29. The largest absolute Gasteiger partial charge is 0.176 e. The number of allylic oxidation sites excluding steroid dienone is 4. The van der Waals surface area contributed by atoms with Gasteiger partial charge in [0, 0.05) is 0 Å². The van der Waals surface area contributed by atoms with Gasteiger partial charge in [-0.3, -0.25) is 0 Å². The molecule has 1 aliphatic carbocycles. The van der Waals surface area contributed by atoms with Gasteiger partial charge in [0.15, 0.2) is 8.07 Å². The van der Waals surface area contributed by atoms with Crippen LogP contribution < -0.4 is 15.6 Å². The third-order valence-corrected chi connectivity index (χ3v) is 13.8. The number of rotatable bonds is 13. The van der Waals surface area contributed by atoms with E-state index in [1.54, 1.807) is 5.20 Å². The van der Waals surface area contributed by atoms with Gasteiger partial charge in [-0.25, -0.2) is 0 Å². The number of aryl methyl sites for hydroxylation is 3. The van der Waals surface area contributed by atoms with E-state index < -0.39 is 8.07 Å². The highest BCUT2D eigenvalue weighted by molar-refractivity contribution is 7.16. The molecule has 0 radical (unpaired) electrons. The Morgan fingerprint density at radius 2 is 0.868 bits per heavy atom. The summed E-state index contributed by atoms with van der Waals surface area (Å²) in [6, 6.07) is 29.4. The molecule has 3 aromatic carbocycles. The summed E-state index contributed by atoms with van der Waals surface area (Å²) >= 11 is 0. The molecule has 38 heavy (non-hydrogen) atoms. The van der Waals surface area contributed by atoms with Crippen molar-refractivity contribution >= 4 is 23.6 Å². The monoisotopic (exact) mass is 520 g/mol. The Hall–Kier alpha value is -2.64. The van der Waals surface area contributed by atoms with Gasteiger partial charge >= 0.3 is 0 Å². The Morgan fingerprint density at radius 3 is 1.13 bits per heavy atom. The molecular weight excluding hydrogens is 472 g/mol. The molecule has 0 fully saturated rings. The summed E-state index contributed by atoms with van der Waals surface area (Å²) in [5.74, 6) is 0. The van der Waals surface area contributed by atoms with E-state index in [0.717, 1.165) is 6.42 Å². The van der Waals surface area contributed by atoms with Gasteiger partial charge in [0.1, 0.15) is 0 Å². The van der Waals surface area contributed by atoms with Crippen molar-refractivity contribution < 1.29 is 0 Å².